The van der Waals surface area contributed by atoms with Crippen molar-refractivity contribution < 1.29 is 4.79 Å². The predicted octanol–water partition coefficient (Wildman–Crippen LogP) is 2.36. The van der Waals surface area contributed by atoms with Gasteiger partial charge in [0.05, 0.1) is 5.56 Å². The normalized spacial score (nSPS) is 19.0. The Bertz CT molecular complexity index is 681. The van der Waals surface area contributed by atoms with Crippen molar-refractivity contribution in [2.75, 3.05) is 19.6 Å². The molecule has 6 heteroatoms. The number of amides is 1. The Hall–Kier alpha value is -1.95. The zero-order valence-corrected chi connectivity index (χ0v) is 14.6. The molecule has 0 radical (unpaired) electrons. The average molecular weight is 329 g/mol. The monoisotopic (exact) mass is 329 g/mol. The van der Waals surface area contributed by atoms with Gasteiger partial charge in [-0.1, -0.05) is 20.3 Å². The van der Waals surface area contributed by atoms with Gasteiger partial charge in [-0.15, -0.1) is 10.2 Å². The third-order valence-corrected chi connectivity index (χ3v) is 4.68. The number of hydrogen-bond donors (Lipinski definition) is 1. The van der Waals surface area contributed by atoms with Crippen molar-refractivity contribution in [1.82, 2.24) is 24.8 Å². The smallest absolute Gasteiger partial charge is 0.255 e. The van der Waals surface area contributed by atoms with Gasteiger partial charge in [0, 0.05) is 25.3 Å². The van der Waals surface area contributed by atoms with Gasteiger partial charge in [-0.2, -0.15) is 0 Å². The van der Waals surface area contributed by atoms with Crippen molar-refractivity contribution in [3.63, 3.8) is 0 Å². The Kier molecular flexibility index (Phi) is 5.45. The van der Waals surface area contributed by atoms with Crippen LogP contribution in [0.3, 0.4) is 0 Å². The van der Waals surface area contributed by atoms with E-state index in [9.17, 15) is 4.79 Å². The molecule has 1 aliphatic rings. The standard InChI is InChI=1S/C18H27N5O/c1-14(2)12-22-10-4-3-6-15(22)8-9-19-18(24)16-7-5-11-23-13-20-21-17(16)23/h5,7,11,13-15H,3-4,6,8-10,12H2,1-2H3,(H,19,24)/t15-/m1/s1. The first-order chi connectivity index (χ1) is 11.6. The lowest BCUT2D eigenvalue weighted by Crippen LogP contribution is -2.43. The summed E-state index contributed by atoms with van der Waals surface area (Å²) in [5, 5.41) is 10.9. The second-order valence-electron chi connectivity index (χ2n) is 7.07. The second-order valence-corrected chi connectivity index (χ2v) is 7.07. The van der Waals surface area contributed by atoms with E-state index in [1.165, 1.54) is 25.8 Å². The van der Waals surface area contributed by atoms with Gasteiger partial charge in [-0.3, -0.25) is 9.20 Å². The van der Waals surface area contributed by atoms with Gasteiger partial charge in [-0.05, 0) is 43.9 Å². The molecule has 1 N–H and O–H groups in total. The molecule has 1 atom stereocenters. The van der Waals surface area contributed by atoms with E-state index in [-0.39, 0.29) is 5.91 Å². The molecule has 1 amide bonds. The highest BCUT2D eigenvalue weighted by Gasteiger charge is 2.22. The molecule has 2 aromatic heterocycles. The summed E-state index contributed by atoms with van der Waals surface area (Å²) in [5.41, 5.74) is 1.19. The maximum atomic E-state index is 12.5. The number of rotatable bonds is 6. The fraction of sp³-hybridized carbons (Fsp3) is 0.611. The summed E-state index contributed by atoms with van der Waals surface area (Å²) in [6.07, 6.45) is 8.29. The molecule has 130 valence electrons. The average Bonchev–Trinajstić information content (AvgIpc) is 3.04. The number of pyridine rings is 1. The Morgan fingerprint density at radius 1 is 1.42 bits per heavy atom. The Balaban J connectivity index is 1.55. The van der Waals surface area contributed by atoms with Gasteiger partial charge in [-0.25, -0.2) is 0 Å². The molecule has 24 heavy (non-hydrogen) atoms. The number of nitrogens with one attached hydrogen (secondary N) is 1. The first-order valence-corrected chi connectivity index (χ1v) is 8.95. The molecule has 1 saturated heterocycles. The molecule has 0 saturated carbocycles. The van der Waals surface area contributed by atoms with Crippen LogP contribution in [0.2, 0.25) is 0 Å². The SMILES string of the molecule is CC(C)CN1CCCC[C@@H]1CCNC(=O)c1cccn2cnnc12. The topological polar surface area (TPSA) is 62.5 Å². The molecular weight excluding hydrogens is 302 g/mol. The third kappa shape index (κ3) is 3.93. The molecule has 0 bridgehead atoms. The van der Waals surface area contributed by atoms with Crippen LogP contribution < -0.4 is 5.32 Å². The number of nitrogens with zero attached hydrogens (tertiary/aromatic N) is 4. The predicted molar refractivity (Wildman–Crippen MR) is 94.0 cm³/mol. The van der Waals surface area contributed by atoms with Crippen LogP contribution in [0.5, 0.6) is 0 Å². The van der Waals surface area contributed by atoms with E-state index in [0.29, 0.717) is 29.7 Å². The van der Waals surface area contributed by atoms with Crippen LogP contribution >= 0.6 is 0 Å². The molecule has 6 nitrogen and oxygen atoms in total. The highest BCUT2D eigenvalue weighted by molar-refractivity contribution is 5.99. The van der Waals surface area contributed by atoms with Crippen molar-refractivity contribution in [3.8, 4) is 0 Å². The quantitative estimate of drug-likeness (QED) is 0.884. The van der Waals surface area contributed by atoms with E-state index in [1.807, 2.05) is 12.3 Å². The number of carbonyl (C=O) groups excluding carboxylic acids is 1. The molecular formula is C18H27N5O. The molecule has 0 aromatic carbocycles. The number of fused-ring (bicyclic) bond motifs is 1. The zero-order valence-electron chi connectivity index (χ0n) is 14.6. The Morgan fingerprint density at radius 3 is 3.12 bits per heavy atom. The Morgan fingerprint density at radius 2 is 2.29 bits per heavy atom. The van der Waals surface area contributed by atoms with Crippen molar-refractivity contribution >= 4 is 11.6 Å². The minimum atomic E-state index is -0.0696. The van der Waals surface area contributed by atoms with Crippen LogP contribution in [0.15, 0.2) is 24.7 Å². The molecule has 1 fully saturated rings. The van der Waals surface area contributed by atoms with Crippen LogP contribution in [0.4, 0.5) is 0 Å². The molecule has 3 heterocycles. The van der Waals surface area contributed by atoms with Crippen molar-refractivity contribution in [2.45, 2.75) is 45.6 Å². The van der Waals surface area contributed by atoms with Crippen LogP contribution in [0.25, 0.3) is 5.65 Å². The number of carbonyl (C=O) groups is 1. The largest absolute Gasteiger partial charge is 0.352 e. The fourth-order valence-electron chi connectivity index (χ4n) is 3.57. The molecule has 0 unspecified atom stereocenters. The molecule has 2 aromatic rings. The fourth-order valence-corrected chi connectivity index (χ4v) is 3.57. The lowest BCUT2D eigenvalue weighted by atomic mass is 9.98. The van der Waals surface area contributed by atoms with Crippen molar-refractivity contribution in [2.24, 2.45) is 5.92 Å². The van der Waals surface area contributed by atoms with Gasteiger partial charge in [0.1, 0.15) is 6.33 Å². The highest BCUT2D eigenvalue weighted by Crippen LogP contribution is 2.20. The lowest BCUT2D eigenvalue weighted by molar-refractivity contribution is 0.0935. The lowest BCUT2D eigenvalue weighted by Gasteiger charge is -2.37. The summed E-state index contributed by atoms with van der Waals surface area (Å²) in [7, 11) is 0. The van der Waals surface area contributed by atoms with Crippen molar-refractivity contribution in [1.29, 1.82) is 0 Å². The summed E-state index contributed by atoms with van der Waals surface area (Å²) < 4.78 is 1.76. The van der Waals surface area contributed by atoms with E-state index < -0.39 is 0 Å². The van der Waals surface area contributed by atoms with Crippen LogP contribution in [0, 0.1) is 5.92 Å². The number of piperidine rings is 1. The van der Waals surface area contributed by atoms with Crippen LogP contribution in [0.1, 0.15) is 49.9 Å². The summed E-state index contributed by atoms with van der Waals surface area (Å²) >= 11 is 0. The van der Waals surface area contributed by atoms with E-state index >= 15 is 0 Å². The summed E-state index contributed by atoms with van der Waals surface area (Å²) in [6.45, 7) is 7.58. The van der Waals surface area contributed by atoms with Gasteiger partial charge in [0.2, 0.25) is 0 Å². The highest BCUT2D eigenvalue weighted by atomic mass is 16.1. The first-order valence-electron chi connectivity index (χ1n) is 8.95. The summed E-state index contributed by atoms with van der Waals surface area (Å²) in [6, 6.07) is 4.23. The number of likely N-dealkylation sites (tertiary alicyclic amines) is 1. The Labute approximate surface area is 143 Å². The van der Waals surface area contributed by atoms with Gasteiger partial charge < -0.3 is 10.2 Å². The van der Waals surface area contributed by atoms with Crippen LogP contribution in [-0.4, -0.2) is 51.1 Å². The molecule has 3 rings (SSSR count). The van der Waals surface area contributed by atoms with Gasteiger partial charge in [0.25, 0.3) is 5.91 Å². The summed E-state index contributed by atoms with van der Waals surface area (Å²) in [4.78, 5) is 15.0. The summed E-state index contributed by atoms with van der Waals surface area (Å²) in [5.74, 6) is 0.616. The van der Waals surface area contributed by atoms with E-state index in [4.69, 9.17) is 0 Å². The van der Waals surface area contributed by atoms with Gasteiger partial charge in [0.15, 0.2) is 5.65 Å². The minimum Gasteiger partial charge on any atom is -0.352 e. The molecule has 0 spiro atoms. The molecule has 0 aliphatic carbocycles. The van der Waals surface area contributed by atoms with Gasteiger partial charge >= 0.3 is 0 Å². The number of aromatic nitrogens is 3. The van der Waals surface area contributed by atoms with Crippen molar-refractivity contribution in [3.05, 3.63) is 30.2 Å². The van der Waals surface area contributed by atoms with E-state index in [1.54, 1.807) is 16.8 Å². The van der Waals surface area contributed by atoms with Crippen LogP contribution in [-0.2, 0) is 0 Å². The number of hydrogen-bond acceptors (Lipinski definition) is 4. The first kappa shape index (κ1) is 16.9. The zero-order chi connectivity index (χ0) is 16.9. The molecule has 1 aliphatic heterocycles. The van der Waals surface area contributed by atoms with E-state index in [2.05, 4.69) is 34.3 Å². The minimum absolute atomic E-state index is 0.0696. The van der Waals surface area contributed by atoms with E-state index in [0.717, 1.165) is 13.0 Å². The maximum absolute atomic E-state index is 12.5. The third-order valence-electron chi connectivity index (χ3n) is 4.68. The second kappa shape index (κ2) is 7.75. The maximum Gasteiger partial charge on any atom is 0.255 e.